The van der Waals surface area contributed by atoms with E-state index in [9.17, 15) is 4.79 Å². The third-order valence-corrected chi connectivity index (χ3v) is 5.59. The van der Waals surface area contributed by atoms with E-state index in [1.54, 1.807) is 0 Å². The minimum absolute atomic E-state index is 0.174. The second-order valence-electron chi connectivity index (χ2n) is 7.38. The Morgan fingerprint density at radius 3 is 2.82 bits per heavy atom. The second kappa shape index (κ2) is 8.09. The molecular formula is C24H27NO3. The summed E-state index contributed by atoms with van der Waals surface area (Å²) in [5, 5.41) is 3.72. The molecule has 4 heteroatoms. The van der Waals surface area contributed by atoms with Crippen LogP contribution in [0.3, 0.4) is 0 Å². The molecule has 0 saturated carbocycles. The van der Waals surface area contributed by atoms with Gasteiger partial charge >= 0.3 is 5.97 Å². The van der Waals surface area contributed by atoms with Crippen LogP contribution in [0.4, 0.5) is 5.69 Å². The second-order valence-corrected chi connectivity index (χ2v) is 7.38. The first-order valence-electron chi connectivity index (χ1n) is 10.2. The van der Waals surface area contributed by atoms with Crippen molar-refractivity contribution >= 4 is 11.7 Å². The summed E-state index contributed by atoms with van der Waals surface area (Å²) >= 11 is 0. The molecule has 4 rings (SSSR count). The Labute approximate surface area is 166 Å². The molecule has 0 fully saturated rings. The fraction of sp³-hybridized carbons (Fsp3) is 0.375. The Morgan fingerprint density at radius 1 is 1.14 bits per heavy atom. The van der Waals surface area contributed by atoms with Crippen molar-refractivity contribution in [3.8, 4) is 5.75 Å². The lowest BCUT2D eigenvalue weighted by Gasteiger charge is -2.38. The SMILES string of the molecule is CCCOC(=O)c1ccc2c(c1)C1C=CCC1C(c1ccccc1OCC)N2. The average molecular weight is 377 g/mol. The molecule has 0 bridgehead atoms. The lowest BCUT2D eigenvalue weighted by Crippen LogP contribution is -2.29. The van der Waals surface area contributed by atoms with E-state index in [4.69, 9.17) is 9.47 Å². The van der Waals surface area contributed by atoms with Crippen LogP contribution in [-0.4, -0.2) is 19.2 Å². The Balaban J connectivity index is 1.68. The molecule has 3 unspecified atom stereocenters. The van der Waals surface area contributed by atoms with E-state index in [1.807, 2.05) is 44.2 Å². The monoisotopic (exact) mass is 377 g/mol. The van der Waals surface area contributed by atoms with E-state index in [-0.39, 0.29) is 17.9 Å². The van der Waals surface area contributed by atoms with E-state index in [1.165, 1.54) is 11.1 Å². The molecule has 2 aliphatic rings. The standard InChI is InChI=1S/C24H27NO3/c1-3-14-28-24(26)16-12-13-21-20(15-16)17-9-7-10-18(17)23(25-21)19-8-5-6-11-22(19)27-4-2/h5-9,11-13,15,17-18,23,25H,3-4,10,14H2,1-2H3. The third-order valence-electron chi connectivity index (χ3n) is 5.59. The van der Waals surface area contributed by atoms with Crippen LogP contribution in [0.2, 0.25) is 0 Å². The smallest absolute Gasteiger partial charge is 0.338 e. The number of carbonyl (C=O) groups excluding carboxylic acids is 1. The van der Waals surface area contributed by atoms with Gasteiger partial charge in [-0.3, -0.25) is 0 Å². The topological polar surface area (TPSA) is 47.6 Å². The maximum Gasteiger partial charge on any atom is 0.338 e. The van der Waals surface area contributed by atoms with Crippen LogP contribution in [0, 0.1) is 5.92 Å². The summed E-state index contributed by atoms with van der Waals surface area (Å²) < 4.78 is 11.2. The largest absolute Gasteiger partial charge is 0.494 e. The molecular weight excluding hydrogens is 350 g/mol. The lowest BCUT2D eigenvalue weighted by molar-refractivity contribution is 0.0505. The van der Waals surface area contributed by atoms with Gasteiger partial charge in [0.05, 0.1) is 24.8 Å². The predicted octanol–water partition coefficient (Wildman–Crippen LogP) is 5.48. The van der Waals surface area contributed by atoms with Gasteiger partial charge in [-0.15, -0.1) is 0 Å². The number of allylic oxidation sites excluding steroid dienone is 2. The predicted molar refractivity (Wildman–Crippen MR) is 111 cm³/mol. The summed E-state index contributed by atoms with van der Waals surface area (Å²) in [6.45, 7) is 5.12. The van der Waals surface area contributed by atoms with Crippen molar-refractivity contribution in [2.45, 2.75) is 38.6 Å². The maximum absolute atomic E-state index is 12.3. The molecule has 0 aromatic heterocycles. The Kier molecular flexibility index (Phi) is 5.38. The number of ether oxygens (including phenoxy) is 2. The first-order chi connectivity index (χ1) is 13.7. The summed E-state index contributed by atoms with van der Waals surface area (Å²) in [7, 11) is 0. The van der Waals surface area contributed by atoms with E-state index in [0.717, 1.165) is 24.3 Å². The van der Waals surface area contributed by atoms with E-state index in [2.05, 4.69) is 29.6 Å². The molecule has 4 nitrogen and oxygen atoms in total. The number of nitrogens with one attached hydrogen (secondary N) is 1. The van der Waals surface area contributed by atoms with Crippen LogP contribution in [0.5, 0.6) is 5.75 Å². The number of hydrogen-bond acceptors (Lipinski definition) is 4. The minimum Gasteiger partial charge on any atom is -0.494 e. The highest BCUT2D eigenvalue weighted by Crippen LogP contribution is 2.51. The number of rotatable bonds is 6. The fourth-order valence-electron chi connectivity index (χ4n) is 4.33. The lowest BCUT2D eigenvalue weighted by atomic mass is 9.76. The zero-order chi connectivity index (χ0) is 19.5. The molecule has 1 heterocycles. The highest BCUT2D eigenvalue weighted by molar-refractivity contribution is 5.90. The van der Waals surface area contributed by atoms with Crippen molar-refractivity contribution in [3.05, 3.63) is 71.3 Å². The van der Waals surface area contributed by atoms with Gasteiger partial charge in [0.15, 0.2) is 0 Å². The third kappa shape index (κ3) is 3.39. The van der Waals surface area contributed by atoms with Crippen LogP contribution in [-0.2, 0) is 4.74 Å². The maximum atomic E-state index is 12.3. The number of para-hydroxylation sites is 1. The molecule has 146 valence electrons. The van der Waals surface area contributed by atoms with Gasteiger partial charge in [-0.1, -0.05) is 37.3 Å². The van der Waals surface area contributed by atoms with Gasteiger partial charge in [0, 0.05) is 17.2 Å². The number of carbonyl (C=O) groups is 1. The summed E-state index contributed by atoms with van der Waals surface area (Å²) in [5.74, 6) is 1.38. The van der Waals surface area contributed by atoms with Gasteiger partial charge in [-0.25, -0.2) is 4.79 Å². The molecule has 1 aliphatic heterocycles. The zero-order valence-electron chi connectivity index (χ0n) is 16.5. The molecule has 28 heavy (non-hydrogen) atoms. The first-order valence-corrected chi connectivity index (χ1v) is 10.2. The van der Waals surface area contributed by atoms with Crippen molar-refractivity contribution in [3.63, 3.8) is 0 Å². The van der Waals surface area contributed by atoms with Gasteiger partial charge in [-0.05, 0) is 55.5 Å². The van der Waals surface area contributed by atoms with E-state index >= 15 is 0 Å². The molecule has 2 aromatic carbocycles. The van der Waals surface area contributed by atoms with Gasteiger partial charge in [0.2, 0.25) is 0 Å². The Morgan fingerprint density at radius 2 is 2.00 bits per heavy atom. The summed E-state index contributed by atoms with van der Waals surface area (Å²) in [5.41, 5.74) is 4.08. The molecule has 2 aromatic rings. The van der Waals surface area contributed by atoms with Gasteiger partial charge in [0.1, 0.15) is 5.75 Å². The number of hydrogen-bond donors (Lipinski definition) is 1. The van der Waals surface area contributed by atoms with Gasteiger partial charge in [0.25, 0.3) is 0 Å². The zero-order valence-corrected chi connectivity index (χ0v) is 16.5. The van der Waals surface area contributed by atoms with Crippen LogP contribution in [0.25, 0.3) is 0 Å². The molecule has 1 aliphatic carbocycles. The summed E-state index contributed by atoms with van der Waals surface area (Å²) in [6, 6.07) is 14.3. The number of fused-ring (bicyclic) bond motifs is 3. The highest BCUT2D eigenvalue weighted by atomic mass is 16.5. The Bertz CT molecular complexity index is 889. The van der Waals surface area contributed by atoms with Crippen molar-refractivity contribution < 1.29 is 14.3 Å². The molecule has 3 atom stereocenters. The molecule has 0 radical (unpaired) electrons. The van der Waals surface area contributed by atoms with Gasteiger partial charge in [-0.2, -0.15) is 0 Å². The molecule has 1 N–H and O–H groups in total. The van der Waals surface area contributed by atoms with Crippen molar-refractivity contribution in [2.24, 2.45) is 5.92 Å². The quantitative estimate of drug-likeness (QED) is 0.535. The minimum atomic E-state index is -0.244. The molecule has 0 amide bonds. The van der Waals surface area contributed by atoms with Crippen LogP contribution in [0.15, 0.2) is 54.6 Å². The van der Waals surface area contributed by atoms with Crippen LogP contribution >= 0.6 is 0 Å². The first kappa shape index (κ1) is 18.6. The number of anilines is 1. The number of esters is 1. The van der Waals surface area contributed by atoms with Crippen LogP contribution in [0.1, 0.15) is 60.1 Å². The fourth-order valence-corrected chi connectivity index (χ4v) is 4.33. The van der Waals surface area contributed by atoms with Gasteiger partial charge < -0.3 is 14.8 Å². The van der Waals surface area contributed by atoms with E-state index in [0.29, 0.717) is 24.7 Å². The average Bonchev–Trinajstić information content (AvgIpc) is 3.22. The van der Waals surface area contributed by atoms with Crippen molar-refractivity contribution in [1.82, 2.24) is 0 Å². The molecule has 0 saturated heterocycles. The van der Waals surface area contributed by atoms with Crippen molar-refractivity contribution in [2.75, 3.05) is 18.5 Å². The Hall–Kier alpha value is -2.75. The van der Waals surface area contributed by atoms with E-state index < -0.39 is 0 Å². The highest BCUT2D eigenvalue weighted by Gasteiger charge is 2.39. The normalized spacial score (nSPS) is 22.1. The van der Waals surface area contributed by atoms with Crippen molar-refractivity contribution in [1.29, 1.82) is 0 Å². The number of benzene rings is 2. The molecule has 0 spiro atoms. The summed E-state index contributed by atoms with van der Waals surface area (Å²) in [4.78, 5) is 12.3. The van der Waals surface area contributed by atoms with Crippen LogP contribution < -0.4 is 10.1 Å². The summed E-state index contributed by atoms with van der Waals surface area (Å²) in [6.07, 6.45) is 6.37.